The van der Waals surface area contributed by atoms with Gasteiger partial charge in [-0.25, -0.2) is 0 Å². The summed E-state index contributed by atoms with van der Waals surface area (Å²) in [6, 6.07) is 0.0394. The topological polar surface area (TPSA) is 44.5 Å². The predicted octanol–water partition coefficient (Wildman–Crippen LogP) is 0.733. The van der Waals surface area contributed by atoms with Crippen LogP contribution in [0.15, 0.2) is 0 Å². The highest BCUT2D eigenvalue weighted by Crippen LogP contribution is 2.13. The lowest BCUT2D eigenvalue weighted by Gasteiger charge is -2.19. The van der Waals surface area contributed by atoms with E-state index in [1.165, 1.54) is 0 Å². The molecule has 0 bridgehead atoms. The van der Waals surface area contributed by atoms with E-state index < -0.39 is 0 Å². The number of nitrogens with two attached hydrogens (primary N) is 1. The minimum absolute atomic E-state index is 0.0394. The van der Waals surface area contributed by atoms with Crippen LogP contribution in [0, 0.1) is 5.92 Å². The molecule has 1 rings (SSSR count). The predicted molar refractivity (Wildman–Crippen MR) is 43.1 cm³/mol. The Morgan fingerprint density at radius 1 is 1.36 bits per heavy atom. The Morgan fingerprint density at radius 2 is 1.91 bits per heavy atom. The molecule has 3 nitrogen and oxygen atoms in total. The van der Waals surface area contributed by atoms with Gasteiger partial charge in [-0.3, -0.25) is 0 Å². The first-order chi connectivity index (χ1) is 5.20. The lowest BCUT2D eigenvalue weighted by Crippen LogP contribution is -2.36. The number of hydrogen-bond acceptors (Lipinski definition) is 3. The molecule has 0 spiro atoms. The summed E-state index contributed by atoms with van der Waals surface area (Å²) in [7, 11) is 0. The third-order valence-electron chi connectivity index (χ3n) is 1.74. The number of ether oxygens (including phenoxy) is 2. The zero-order valence-electron chi connectivity index (χ0n) is 7.25. The van der Waals surface area contributed by atoms with Gasteiger partial charge in [0.25, 0.3) is 0 Å². The van der Waals surface area contributed by atoms with Crippen molar-refractivity contribution >= 4 is 0 Å². The third-order valence-corrected chi connectivity index (χ3v) is 1.74. The van der Waals surface area contributed by atoms with Crippen molar-refractivity contribution in [3.63, 3.8) is 0 Å². The minimum atomic E-state index is -0.155. The second-order valence-corrected chi connectivity index (χ2v) is 3.40. The van der Waals surface area contributed by atoms with E-state index in [1.54, 1.807) is 0 Å². The molecule has 3 heteroatoms. The summed E-state index contributed by atoms with van der Waals surface area (Å²) in [6.07, 6.45) is 0.808. The second-order valence-electron chi connectivity index (χ2n) is 3.40. The van der Waals surface area contributed by atoms with Crippen molar-refractivity contribution in [1.82, 2.24) is 0 Å². The standard InChI is InChI=1S/C8H17NO2/c1-6(2)5-7(9)8-10-3-4-11-8/h6-8H,3-5,9H2,1-2H3. The Balaban J connectivity index is 2.22. The molecule has 1 heterocycles. The zero-order chi connectivity index (χ0) is 8.27. The lowest BCUT2D eigenvalue weighted by atomic mass is 10.0. The van der Waals surface area contributed by atoms with Gasteiger partial charge in [0.05, 0.1) is 19.3 Å². The highest BCUT2D eigenvalue weighted by Gasteiger charge is 2.23. The first-order valence-electron chi connectivity index (χ1n) is 4.19. The van der Waals surface area contributed by atoms with Crippen LogP contribution in [0.3, 0.4) is 0 Å². The van der Waals surface area contributed by atoms with Gasteiger partial charge in [-0.1, -0.05) is 13.8 Å². The van der Waals surface area contributed by atoms with Crippen LogP contribution in [0.5, 0.6) is 0 Å². The molecule has 0 amide bonds. The Hall–Kier alpha value is -0.120. The summed E-state index contributed by atoms with van der Waals surface area (Å²) >= 11 is 0. The van der Waals surface area contributed by atoms with E-state index in [1.807, 2.05) is 0 Å². The van der Waals surface area contributed by atoms with Crippen LogP contribution in [-0.4, -0.2) is 25.5 Å². The fraction of sp³-hybridized carbons (Fsp3) is 1.00. The van der Waals surface area contributed by atoms with E-state index in [0.717, 1.165) is 6.42 Å². The molecule has 0 saturated carbocycles. The molecular formula is C8H17NO2. The van der Waals surface area contributed by atoms with Crippen molar-refractivity contribution in [2.75, 3.05) is 13.2 Å². The normalized spacial score (nSPS) is 22.9. The Morgan fingerprint density at radius 3 is 2.36 bits per heavy atom. The molecule has 1 aliphatic heterocycles. The van der Waals surface area contributed by atoms with Gasteiger partial charge in [-0.15, -0.1) is 0 Å². The Bertz CT molecular complexity index is 111. The van der Waals surface area contributed by atoms with Crippen LogP contribution < -0.4 is 5.73 Å². The lowest BCUT2D eigenvalue weighted by molar-refractivity contribution is -0.0624. The van der Waals surface area contributed by atoms with Crippen molar-refractivity contribution in [3.8, 4) is 0 Å². The Labute approximate surface area is 67.9 Å². The van der Waals surface area contributed by atoms with E-state index in [9.17, 15) is 0 Å². The summed E-state index contributed by atoms with van der Waals surface area (Å²) < 4.78 is 10.5. The zero-order valence-corrected chi connectivity index (χ0v) is 7.25. The monoisotopic (exact) mass is 159 g/mol. The van der Waals surface area contributed by atoms with Crippen LogP contribution in [-0.2, 0) is 9.47 Å². The molecule has 0 aromatic carbocycles. The van der Waals surface area contributed by atoms with Crippen LogP contribution in [0.4, 0.5) is 0 Å². The summed E-state index contributed by atoms with van der Waals surface area (Å²) in [5, 5.41) is 0. The second kappa shape index (κ2) is 4.04. The largest absolute Gasteiger partial charge is 0.349 e. The van der Waals surface area contributed by atoms with Crippen molar-refractivity contribution in [1.29, 1.82) is 0 Å². The molecule has 0 aliphatic carbocycles. The molecule has 1 saturated heterocycles. The number of rotatable bonds is 3. The van der Waals surface area contributed by atoms with Gasteiger partial charge >= 0.3 is 0 Å². The van der Waals surface area contributed by atoms with Gasteiger partial charge in [0.15, 0.2) is 6.29 Å². The van der Waals surface area contributed by atoms with Crippen molar-refractivity contribution in [3.05, 3.63) is 0 Å². The first-order valence-corrected chi connectivity index (χ1v) is 4.19. The molecular weight excluding hydrogens is 142 g/mol. The van der Waals surface area contributed by atoms with E-state index in [2.05, 4.69) is 13.8 Å². The van der Waals surface area contributed by atoms with Crippen LogP contribution in [0.2, 0.25) is 0 Å². The van der Waals surface area contributed by atoms with Gasteiger partial charge in [0.1, 0.15) is 0 Å². The van der Waals surface area contributed by atoms with Crippen LogP contribution in [0.25, 0.3) is 0 Å². The van der Waals surface area contributed by atoms with Gasteiger partial charge in [-0.05, 0) is 12.3 Å². The maximum absolute atomic E-state index is 5.83. The summed E-state index contributed by atoms with van der Waals surface area (Å²) in [5.74, 6) is 0.609. The molecule has 1 atom stereocenters. The van der Waals surface area contributed by atoms with Crippen molar-refractivity contribution in [2.45, 2.75) is 32.6 Å². The average molecular weight is 159 g/mol. The highest BCUT2D eigenvalue weighted by atomic mass is 16.7. The highest BCUT2D eigenvalue weighted by molar-refractivity contribution is 4.70. The van der Waals surface area contributed by atoms with Crippen molar-refractivity contribution < 1.29 is 9.47 Å². The van der Waals surface area contributed by atoms with Crippen molar-refractivity contribution in [2.24, 2.45) is 11.7 Å². The van der Waals surface area contributed by atoms with E-state index in [4.69, 9.17) is 15.2 Å². The van der Waals surface area contributed by atoms with Gasteiger partial charge < -0.3 is 15.2 Å². The molecule has 66 valence electrons. The molecule has 1 fully saturated rings. The van der Waals surface area contributed by atoms with Crippen LogP contribution in [0.1, 0.15) is 20.3 Å². The summed E-state index contributed by atoms with van der Waals surface area (Å²) in [4.78, 5) is 0. The molecule has 2 N–H and O–H groups in total. The molecule has 0 radical (unpaired) electrons. The number of hydrogen-bond donors (Lipinski definition) is 1. The fourth-order valence-electron chi connectivity index (χ4n) is 1.28. The van der Waals surface area contributed by atoms with E-state index in [0.29, 0.717) is 19.1 Å². The van der Waals surface area contributed by atoms with E-state index in [-0.39, 0.29) is 12.3 Å². The van der Waals surface area contributed by atoms with E-state index >= 15 is 0 Å². The SMILES string of the molecule is CC(C)CC(N)C1OCCO1. The molecule has 11 heavy (non-hydrogen) atoms. The summed E-state index contributed by atoms with van der Waals surface area (Å²) in [5.41, 5.74) is 5.83. The maximum atomic E-state index is 5.83. The van der Waals surface area contributed by atoms with Gasteiger partial charge in [0, 0.05) is 0 Å². The quantitative estimate of drug-likeness (QED) is 0.660. The van der Waals surface area contributed by atoms with Gasteiger partial charge in [-0.2, -0.15) is 0 Å². The minimum Gasteiger partial charge on any atom is -0.349 e. The molecule has 1 unspecified atom stereocenters. The smallest absolute Gasteiger partial charge is 0.172 e. The molecule has 0 aromatic rings. The Kier molecular flexibility index (Phi) is 3.30. The third kappa shape index (κ3) is 2.77. The summed E-state index contributed by atoms with van der Waals surface area (Å²) in [6.45, 7) is 5.68. The maximum Gasteiger partial charge on any atom is 0.172 e. The molecule has 1 aliphatic rings. The van der Waals surface area contributed by atoms with Gasteiger partial charge in [0.2, 0.25) is 0 Å². The fourth-order valence-corrected chi connectivity index (χ4v) is 1.28. The van der Waals surface area contributed by atoms with Crippen LogP contribution >= 0.6 is 0 Å². The average Bonchev–Trinajstić information content (AvgIpc) is 2.35. The first kappa shape index (κ1) is 8.97. The molecule has 0 aromatic heterocycles.